The van der Waals surface area contributed by atoms with Crippen molar-refractivity contribution >= 4 is 17.5 Å². The number of aliphatic hydroxyl groups excluding tert-OH is 1. The van der Waals surface area contributed by atoms with Crippen LogP contribution < -0.4 is 5.32 Å². The van der Waals surface area contributed by atoms with Crippen LogP contribution in [0.2, 0.25) is 5.02 Å². The van der Waals surface area contributed by atoms with Crippen molar-refractivity contribution in [1.29, 1.82) is 0 Å². The topological polar surface area (TPSA) is 62.5 Å². The quantitative estimate of drug-likeness (QED) is 0.906. The van der Waals surface area contributed by atoms with Crippen LogP contribution >= 0.6 is 11.6 Å². The zero-order chi connectivity index (χ0) is 15.5. The Bertz CT molecular complexity index is 667. The number of hydrogen-bond donors (Lipinski definition) is 2. The molecule has 2 aromatic rings. The van der Waals surface area contributed by atoms with Crippen LogP contribution in [-0.4, -0.2) is 23.7 Å². The van der Waals surface area contributed by atoms with Crippen molar-refractivity contribution in [3.8, 4) is 11.3 Å². The molecule has 1 saturated carbocycles. The summed E-state index contributed by atoms with van der Waals surface area (Å²) >= 11 is 6.12. The molecule has 1 aliphatic carbocycles. The first-order chi connectivity index (χ1) is 10.6. The fourth-order valence-corrected chi connectivity index (χ4v) is 3.05. The molecule has 3 rings (SSSR count). The molecule has 1 fully saturated rings. The van der Waals surface area contributed by atoms with Gasteiger partial charge in [-0.25, -0.2) is 0 Å². The highest BCUT2D eigenvalue weighted by molar-refractivity contribution is 6.33. The van der Waals surface area contributed by atoms with Crippen LogP contribution in [0.3, 0.4) is 0 Å². The second kappa shape index (κ2) is 6.55. The second-order valence-corrected chi connectivity index (χ2v) is 6.09. The first-order valence-corrected chi connectivity index (χ1v) is 7.82. The van der Waals surface area contributed by atoms with Crippen LogP contribution in [0.15, 0.2) is 40.8 Å². The van der Waals surface area contributed by atoms with E-state index in [4.69, 9.17) is 16.0 Å². The SMILES string of the molecule is O=C(NC[C@H]1CC[C@H](O)C1)c1ccc(-c2ccccc2Cl)o1. The van der Waals surface area contributed by atoms with Gasteiger partial charge < -0.3 is 14.8 Å². The van der Waals surface area contributed by atoms with E-state index in [-0.39, 0.29) is 17.8 Å². The van der Waals surface area contributed by atoms with Gasteiger partial charge in [0.1, 0.15) is 5.76 Å². The van der Waals surface area contributed by atoms with Gasteiger partial charge in [-0.2, -0.15) is 0 Å². The number of hydrogen-bond acceptors (Lipinski definition) is 3. The van der Waals surface area contributed by atoms with Gasteiger partial charge in [-0.15, -0.1) is 0 Å². The lowest BCUT2D eigenvalue weighted by molar-refractivity contribution is 0.0918. The van der Waals surface area contributed by atoms with E-state index in [1.807, 2.05) is 18.2 Å². The molecule has 1 aromatic heterocycles. The van der Waals surface area contributed by atoms with E-state index in [1.165, 1.54) is 0 Å². The molecule has 5 heteroatoms. The predicted octanol–water partition coefficient (Wildman–Crippen LogP) is 3.49. The molecule has 116 valence electrons. The van der Waals surface area contributed by atoms with Gasteiger partial charge in [-0.3, -0.25) is 4.79 Å². The Morgan fingerprint density at radius 1 is 1.27 bits per heavy atom. The lowest BCUT2D eigenvalue weighted by Crippen LogP contribution is -2.28. The van der Waals surface area contributed by atoms with E-state index in [0.717, 1.165) is 24.8 Å². The fraction of sp³-hybridized carbons (Fsp3) is 0.353. The fourth-order valence-electron chi connectivity index (χ4n) is 2.82. The van der Waals surface area contributed by atoms with Crippen LogP contribution in [-0.2, 0) is 0 Å². The molecule has 1 heterocycles. The molecule has 2 atom stereocenters. The number of furan rings is 1. The maximum absolute atomic E-state index is 12.1. The summed E-state index contributed by atoms with van der Waals surface area (Å²) in [5, 5.41) is 12.9. The lowest BCUT2D eigenvalue weighted by Gasteiger charge is -2.09. The van der Waals surface area contributed by atoms with Crippen LogP contribution in [0.5, 0.6) is 0 Å². The number of carbonyl (C=O) groups is 1. The van der Waals surface area contributed by atoms with E-state index in [1.54, 1.807) is 18.2 Å². The average molecular weight is 320 g/mol. The van der Waals surface area contributed by atoms with Crippen molar-refractivity contribution in [3.05, 3.63) is 47.2 Å². The number of carbonyl (C=O) groups excluding carboxylic acids is 1. The molecule has 0 bridgehead atoms. The number of halogens is 1. The Labute approximate surface area is 134 Å². The van der Waals surface area contributed by atoms with Gasteiger partial charge in [0.15, 0.2) is 5.76 Å². The molecule has 0 spiro atoms. The van der Waals surface area contributed by atoms with Crippen molar-refractivity contribution in [2.75, 3.05) is 6.54 Å². The van der Waals surface area contributed by atoms with Gasteiger partial charge in [0.05, 0.1) is 11.1 Å². The van der Waals surface area contributed by atoms with Crippen LogP contribution in [0.1, 0.15) is 29.8 Å². The van der Waals surface area contributed by atoms with E-state index in [0.29, 0.717) is 23.2 Å². The number of amides is 1. The smallest absolute Gasteiger partial charge is 0.287 e. The summed E-state index contributed by atoms with van der Waals surface area (Å²) in [6.07, 6.45) is 2.29. The zero-order valence-electron chi connectivity index (χ0n) is 12.1. The third kappa shape index (κ3) is 3.34. The minimum absolute atomic E-state index is 0.225. The largest absolute Gasteiger partial charge is 0.451 e. The normalized spacial score (nSPS) is 21.0. The molecule has 0 aliphatic heterocycles. The Hall–Kier alpha value is -1.78. The molecule has 0 saturated heterocycles. The minimum atomic E-state index is -0.236. The standard InChI is InChI=1S/C17H18ClNO3/c18-14-4-2-1-3-13(14)15-7-8-16(22-15)17(21)19-10-11-5-6-12(20)9-11/h1-4,7-8,11-12,20H,5-6,9-10H2,(H,19,21)/t11-,12-/m0/s1. The summed E-state index contributed by atoms with van der Waals surface area (Å²) in [6.45, 7) is 0.567. The molecule has 1 amide bonds. The van der Waals surface area contributed by atoms with E-state index in [2.05, 4.69) is 5.32 Å². The third-order valence-corrected chi connectivity index (χ3v) is 4.36. The van der Waals surface area contributed by atoms with Gasteiger partial charge in [-0.05, 0) is 49.4 Å². The van der Waals surface area contributed by atoms with Gasteiger partial charge in [0.25, 0.3) is 5.91 Å². The van der Waals surface area contributed by atoms with E-state index < -0.39 is 0 Å². The second-order valence-electron chi connectivity index (χ2n) is 5.69. The monoisotopic (exact) mass is 319 g/mol. The molecule has 0 radical (unpaired) electrons. The molecule has 1 aliphatic rings. The first-order valence-electron chi connectivity index (χ1n) is 7.44. The molecule has 1 aromatic carbocycles. The Balaban J connectivity index is 1.63. The summed E-state index contributed by atoms with van der Waals surface area (Å²) in [7, 11) is 0. The summed E-state index contributed by atoms with van der Waals surface area (Å²) in [4.78, 5) is 12.1. The number of aliphatic hydroxyl groups is 1. The third-order valence-electron chi connectivity index (χ3n) is 4.03. The predicted molar refractivity (Wildman–Crippen MR) is 84.8 cm³/mol. The number of benzene rings is 1. The van der Waals surface area contributed by atoms with Crippen molar-refractivity contribution in [1.82, 2.24) is 5.32 Å². The first kappa shape index (κ1) is 15.1. The van der Waals surface area contributed by atoms with Crippen LogP contribution in [0.25, 0.3) is 11.3 Å². The maximum atomic E-state index is 12.1. The summed E-state index contributed by atoms with van der Waals surface area (Å²) in [6, 6.07) is 10.7. The lowest BCUT2D eigenvalue weighted by atomic mass is 10.1. The van der Waals surface area contributed by atoms with Crippen LogP contribution in [0, 0.1) is 5.92 Å². The Kier molecular flexibility index (Phi) is 4.50. The molecule has 22 heavy (non-hydrogen) atoms. The molecule has 2 N–H and O–H groups in total. The highest BCUT2D eigenvalue weighted by Crippen LogP contribution is 2.29. The van der Waals surface area contributed by atoms with E-state index >= 15 is 0 Å². The Morgan fingerprint density at radius 3 is 2.82 bits per heavy atom. The van der Waals surface area contributed by atoms with Crippen molar-refractivity contribution in [3.63, 3.8) is 0 Å². The highest BCUT2D eigenvalue weighted by atomic mass is 35.5. The van der Waals surface area contributed by atoms with Gasteiger partial charge in [0.2, 0.25) is 0 Å². The molecule has 0 unspecified atom stereocenters. The Morgan fingerprint density at radius 2 is 2.09 bits per heavy atom. The molecule has 4 nitrogen and oxygen atoms in total. The van der Waals surface area contributed by atoms with Crippen molar-refractivity contribution < 1.29 is 14.3 Å². The summed E-state index contributed by atoms with van der Waals surface area (Å²) < 4.78 is 5.60. The number of nitrogens with one attached hydrogen (secondary N) is 1. The summed E-state index contributed by atoms with van der Waals surface area (Å²) in [5.74, 6) is 0.956. The molecular weight excluding hydrogens is 302 g/mol. The van der Waals surface area contributed by atoms with Crippen molar-refractivity contribution in [2.24, 2.45) is 5.92 Å². The van der Waals surface area contributed by atoms with Crippen LogP contribution in [0.4, 0.5) is 0 Å². The average Bonchev–Trinajstić information content (AvgIpc) is 3.14. The van der Waals surface area contributed by atoms with E-state index in [9.17, 15) is 9.90 Å². The zero-order valence-corrected chi connectivity index (χ0v) is 12.8. The highest BCUT2D eigenvalue weighted by Gasteiger charge is 2.23. The van der Waals surface area contributed by atoms with Gasteiger partial charge in [-0.1, -0.05) is 23.7 Å². The summed E-state index contributed by atoms with van der Waals surface area (Å²) in [5.41, 5.74) is 0.766. The minimum Gasteiger partial charge on any atom is -0.451 e. The maximum Gasteiger partial charge on any atom is 0.287 e. The molecular formula is C17H18ClNO3. The number of rotatable bonds is 4. The van der Waals surface area contributed by atoms with Crippen molar-refractivity contribution in [2.45, 2.75) is 25.4 Å². The van der Waals surface area contributed by atoms with Gasteiger partial charge in [0, 0.05) is 12.1 Å². The van der Waals surface area contributed by atoms with Gasteiger partial charge >= 0.3 is 0 Å².